The van der Waals surface area contributed by atoms with E-state index in [4.69, 9.17) is 15.2 Å². The van der Waals surface area contributed by atoms with Crippen molar-refractivity contribution in [1.29, 1.82) is 0 Å². The molecule has 0 aliphatic carbocycles. The van der Waals surface area contributed by atoms with Crippen molar-refractivity contribution in [2.45, 2.75) is 19.4 Å². The average Bonchev–Trinajstić information content (AvgIpc) is 2.76. The number of carbonyl (C=O) groups is 1. The van der Waals surface area contributed by atoms with Crippen LogP contribution in [0.15, 0.2) is 18.2 Å². The second kappa shape index (κ2) is 5.32. The van der Waals surface area contributed by atoms with Gasteiger partial charge >= 0.3 is 0 Å². The Morgan fingerprint density at radius 1 is 1.35 bits per heavy atom. The van der Waals surface area contributed by atoms with Crippen molar-refractivity contribution in [2.75, 3.05) is 26.3 Å². The summed E-state index contributed by atoms with van der Waals surface area (Å²) in [4.78, 5) is 13.7. The second-order valence-electron chi connectivity index (χ2n) is 5.62. The summed E-state index contributed by atoms with van der Waals surface area (Å²) < 4.78 is 11.1. The molecule has 2 heterocycles. The minimum atomic E-state index is -0.194. The van der Waals surface area contributed by atoms with Crippen LogP contribution in [-0.4, -0.2) is 37.1 Å². The molecule has 1 fully saturated rings. The SMILES string of the molecule is CC1CC(=O)N(CC(N)c2ccc3c(c2)OCCO3)C1. The molecule has 1 amide bonds. The molecule has 2 atom stereocenters. The molecule has 0 radical (unpaired) electrons. The third-order valence-electron chi connectivity index (χ3n) is 3.82. The fraction of sp³-hybridized carbons (Fsp3) is 0.533. The van der Waals surface area contributed by atoms with Gasteiger partial charge in [0.25, 0.3) is 0 Å². The number of ether oxygens (including phenoxy) is 2. The molecule has 2 aliphatic rings. The summed E-state index contributed by atoms with van der Waals surface area (Å²) in [6, 6.07) is 5.56. The summed E-state index contributed by atoms with van der Waals surface area (Å²) >= 11 is 0. The van der Waals surface area contributed by atoms with Gasteiger partial charge in [-0.3, -0.25) is 4.79 Å². The van der Waals surface area contributed by atoms with Crippen molar-refractivity contribution in [3.63, 3.8) is 0 Å². The number of benzene rings is 1. The molecule has 1 aromatic rings. The molecule has 0 saturated carbocycles. The topological polar surface area (TPSA) is 64.8 Å². The van der Waals surface area contributed by atoms with E-state index in [1.165, 1.54) is 0 Å². The molecule has 0 aromatic heterocycles. The first-order valence-corrected chi connectivity index (χ1v) is 7.06. The number of amides is 1. The number of rotatable bonds is 3. The summed E-state index contributed by atoms with van der Waals surface area (Å²) in [6.45, 7) is 4.60. The van der Waals surface area contributed by atoms with E-state index in [1.54, 1.807) is 0 Å². The van der Waals surface area contributed by atoms with Gasteiger partial charge in [0.05, 0.1) is 0 Å². The average molecular weight is 276 g/mol. The highest BCUT2D eigenvalue weighted by molar-refractivity contribution is 5.78. The van der Waals surface area contributed by atoms with Crippen LogP contribution < -0.4 is 15.2 Å². The summed E-state index contributed by atoms with van der Waals surface area (Å²) in [5.74, 6) is 2.13. The van der Waals surface area contributed by atoms with E-state index in [0.29, 0.717) is 32.1 Å². The van der Waals surface area contributed by atoms with Gasteiger partial charge in [-0.2, -0.15) is 0 Å². The predicted molar refractivity (Wildman–Crippen MR) is 74.7 cm³/mol. The van der Waals surface area contributed by atoms with Crippen LogP contribution in [0.3, 0.4) is 0 Å². The molecule has 1 aromatic carbocycles. The van der Waals surface area contributed by atoms with Crippen LogP contribution >= 0.6 is 0 Å². The van der Waals surface area contributed by atoms with Gasteiger partial charge < -0.3 is 20.1 Å². The van der Waals surface area contributed by atoms with Gasteiger partial charge in [0.15, 0.2) is 11.5 Å². The lowest BCUT2D eigenvalue weighted by Crippen LogP contribution is -2.33. The Balaban J connectivity index is 1.71. The molecule has 0 spiro atoms. The molecule has 2 aliphatic heterocycles. The maximum atomic E-state index is 11.8. The number of hydrogen-bond donors (Lipinski definition) is 1. The molecule has 108 valence electrons. The quantitative estimate of drug-likeness (QED) is 0.904. The summed E-state index contributed by atoms with van der Waals surface area (Å²) in [5.41, 5.74) is 7.20. The first-order chi connectivity index (χ1) is 9.63. The monoisotopic (exact) mass is 276 g/mol. The van der Waals surface area contributed by atoms with Gasteiger partial charge in [0.1, 0.15) is 13.2 Å². The van der Waals surface area contributed by atoms with Crippen LogP contribution in [0.2, 0.25) is 0 Å². The van der Waals surface area contributed by atoms with Crippen molar-refractivity contribution >= 4 is 5.91 Å². The van der Waals surface area contributed by atoms with Crippen LogP contribution in [-0.2, 0) is 4.79 Å². The molecule has 2 unspecified atom stereocenters. The fourth-order valence-electron chi connectivity index (χ4n) is 2.78. The number of fused-ring (bicyclic) bond motifs is 1. The van der Waals surface area contributed by atoms with Crippen molar-refractivity contribution in [3.8, 4) is 11.5 Å². The molecular weight excluding hydrogens is 256 g/mol. The zero-order chi connectivity index (χ0) is 14.1. The predicted octanol–water partition coefficient (Wildman–Crippen LogP) is 1.33. The molecular formula is C15H20N2O3. The molecule has 20 heavy (non-hydrogen) atoms. The van der Waals surface area contributed by atoms with E-state index < -0.39 is 0 Å². The Morgan fingerprint density at radius 3 is 2.80 bits per heavy atom. The van der Waals surface area contributed by atoms with Crippen LogP contribution in [0.1, 0.15) is 24.9 Å². The van der Waals surface area contributed by atoms with E-state index in [0.717, 1.165) is 23.6 Å². The molecule has 5 nitrogen and oxygen atoms in total. The van der Waals surface area contributed by atoms with Crippen molar-refractivity contribution in [3.05, 3.63) is 23.8 Å². The third kappa shape index (κ3) is 2.58. The zero-order valence-corrected chi connectivity index (χ0v) is 11.7. The highest BCUT2D eigenvalue weighted by Gasteiger charge is 2.28. The highest BCUT2D eigenvalue weighted by atomic mass is 16.6. The standard InChI is InChI=1S/C15H20N2O3/c1-10-6-15(18)17(8-10)9-12(16)11-2-3-13-14(7-11)20-5-4-19-13/h2-3,7,10,12H,4-6,8-9,16H2,1H3. The summed E-state index contributed by atoms with van der Waals surface area (Å²) in [6.07, 6.45) is 0.633. The van der Waals surface area contributed by atoms with Gasteiger partial charge in [-0.25, -0.2) is 0 Å². The Labute approximate surface area is 118 Å². The maximum Gasteiger partial charge on any atom is 0.222 e. The smallest absolute Gasteiger partial charge is 0.222 e. The van der Waals surface area contributed by atoms with Crippen LogP contribution in [0, 0.1) is 5.92 Å². The number of nitrogens with two attached hydrogens (primary N) is 1. The summed E-state index contributed by atoms with van der Waals surface area (Å²) in [5, 5.41) is 0. The zero-order valence-electron chi connectivity index (χ0n) is 11.7. The fourth-order valence-corrected chi connectivity index (χ4v) is 2.78. The molecule has 0 bridgehead atoms. The van der Waals surface area contributed by atoms with Crippen LogP contribution in [0.4, 0.5) is 0 Å². The number of carbonyl (C=O) groups excluding carboxylic acids is 1. The first-order valence-electron chi connectivity index (χ1n) is 7.06. The van der Waals surface area contributed by atoms with Gasteiger partial charge in [0.2, 0.25) is 5.91 Å². The molecule has 5 heteroatoms. The lowest BCUT2D eigenvalue weighted by molar-refractivity contribution is -0.127. The van der Waals surface area contributed by atoms with E-state index in [2.05, 4.69) is 6.92 Å². The minimum Gasteiger partial charge on any atom is -0.486 e. The van der Waals surface area contributed by atoms with Crippen LogP contribution in [0.5, 0.6) is 11.5 Å². The lowest BCUT2D eigenvalue weighted by atomic mass is 10.1. The minimum absolute atomic E-state index is 0.194. The number of nitrogens with zero attached hydrogens (tertiary/aromatic N) is 1. The van der Waals surface area contributed by atoms with E-state index in [9.17, 15) is 4.79 Å². The van der Waals surface area contributed by atoms with Gasteiger partial charge in [-0.15, -0.1) is 0 Å². The Hall–Kier alpha value is -1.75. The van der Waals surface area contributed by atoms with Gasteiger partial charge in [-0.05, 0) is 23.6 Å². The highest BCUT2D eigenvalue weighted by Crippen LogP contribution is 2.32. The maximum absolute atomic E-state index is 11.8. The van der Waals surface area contributed by atoms with Crippen molar-refractivity contribution in [1.82, 2.24) is 4.90 Å². The van der Waals surface area contributed by atoms with Gasteiger partial charge in [0, 0.05) is 25.6 Å². The third-order valence-corrected chi connectivity index (χ3v) is 3.82. The second-order valence-corrected chi connectivity index (χ2v) is 5.62. The van der Waals surface area contributed by atoms with E-state index in [1.807, 2.05) is 23.1 Å². The van der Waals surface area contributed by atoms with E-state index >= 15 is 0 Å². The molecule has 1 saturated heterocycles. The Kier molecular flexibility index (Phi) is 3.53. The normalized spacial score (nSPS) is 23.0. The largest absolute Gasteiger partial charge is 0.486 e. The van der Waals surface area contributed by atoms with Crippen molar-refractivity contribution < 1.29 is 14.3 Å². The lowest BCUT2D eigenvalue weighted by Gasteiger charge is -2.23. The number of hydrogen-bond acceptors (Lipinski definition) is 4. The molecule has 3 rings (SSSR count). The Bertz CT molecular complexity index is 518. The molecule has 2 N–H and O–H groups in total. The van der Waals surface area contributed by atoms with Crippen LogP contribution in [0.25, 0.3) is 0 Å². The first kappa shape index (κ1) is 13.2. The number of likely N-dealkylation sites (tertiary alicyclic amines) is 1. The van der Waals surface area contributed by atoms with Gasteiger partial charge in [-0.1, -0.05) is 13.0 Å². The van der Waals surface area contributed by atoms with Crippen molar-refractivity contribution in [2.24, 2.45) is 11.7 Å². The summed E-state index contributed by atoms with van der Waals surface area (Å²) in [7, 11) is 0. The Morgan fingerprint density at radius 2 is 2.10 bits per heavy atom. The van der Waals surface area contributed by atoms with E-state index in [-0.39, 0.29) is 11.9 Å².